The van der Waals surface area contributed by atoms with Crippen LogP contribution in [0.1, 0.15) is 6.42 Å². The first-order valence-electron chi connectivity index (χ1n) is 6.92. The van der Waals surface area contributed by atoms with Gasteiger partial charge in [-0.3, -0.25) is 4.98 Å². The van der Waals surface area contributed by atoms with Crippen LogP contribution in [0.2, 0.25) is 5.15 Å². The largest absolute Gasteiger partial charge is 0.368 e. The molecule has 1 aliphatic rings. The van der Waals surface area contributed by atoms with E-state index in [0.717, 1.165) is 9.80 Å². The SMILES string of the molecule is Nc1nc(Cl)cc(NC2C=C(Cl)C(Sc3ccncc3)=C(Cl)C2)n1. The van der Waals surface area contributed by atoms with Crippen LogP contribution in [0.5, 0.6) is 0 Å². The van der Waals surface area contributed by atoms with E-state index in [1.807, 2.05) is 18.2 Å². The predicted octanol–water partition coefficient (Wildman–Crippen LogP) is 4.66. The predicted molar refractivity (Wildman–Crippen MR) is 100 cm³/mol. The highest BCUT2D eigenvalue weighted by atomic mass is 35.5. The lowest BCUT2D eigenvalue weighted by Crippen LogP contribution is -2.21. The number of nitrogens with two attached hydrogens (primary N) is 1. The Morgan fingerprint density at radius 1 is 1.17 bits per heavy atom. The van der Waals surface area contributed by atoms with Gasteiger partial charge in [0.1, 0.15) is 11.0 Å². The zero-order valence-electron chi connectivity index (χ0n) is 12.2. The number of anilines is 2. The molecule has 0 spiro atoms. The van der Waals surface area contributed by atoms with E-state index in [1.165, 1.54) is 11.8 Å². The monoisotopic (exact) mass is 399 g/mol. The van der Waals surface area contributed by atoms with E-state index in [9.17, 15) is 0 Å². The van der Waals surface area contributed by atoms with Crippen LogP contribution in [0.4, 0.5) is 11.8 Å². The summed E-state index contributed by atoms with van der Waals surface area (Å²) >= 11 is 20.2. The topological polar surface area (TPSA) is 76.7 Å². The van der Waals surface area contributed by atoms with Crippen LogP contribution in [-0.4, -0.2) is 21.0 Å². The van der Waals surface area contributed by atoms with E-state index in [4.69, 9.17) is 40.5 Å². The molecule has 0 amide bonds. The van der Waals surface area contributed by atoms with Crippen LogP contribution >= 0.6 is 46.6 Å². The maximum atomic E-state index is 6.45. The highest BCUT2D eigenvalue weighted by Gasteiger charge is 2.22. The van der Waals surface area contributed by atoms with Gasteiger partial charge in [0.05, 0.1) is 11.1 Å². The molecule has 2 aromatic heterocycles. The number of nitrogens with one attached hydrogen (secondary N) is 1. The number of nitrogens with zero attached hydrogens (tertiary/aromatic N) is 3. The van der Waals surface area contributed by atoms with E-state index < -0.39 is 0 Å². The van der Waals surface area contributed by atoms with Gasteiger partial charge in [-0.15, -0.1) is 0 Å². The molecule has 5 nitrogen and oxygen atoms in total. The van der Waals surface area contributed by atoms with Crippen molar-refractivity contribution in [2.45, 2.75) is 17.4 Å². The fourth-order valence-electron chi connectivity index (χ4n) is 2.15. The molecule has 2 heterocycles. The van der Waals surface area contributed by atoms with Crippen molar-refractivity contribution in [3.05, 3.63) is 56.8 Å². The fourth-order valence-corrected chi connectivity index (χ4v) is 4.00. The van der Waals surface area contributed by atoms with Gasteiger partial charge in [-0.25, -0.2) is 4.98 Å². The first-order chi connectivity index (χ1) is 11.5. The first kappa shape index (κ1) is 17.4. The van der Waals surface area contributed by atoms with Gasteiger partial charge in [-0.05, 0) is 18.2 Å². The van der Waals surface area contributed by atoms with Crippen molar-refractivity contribution in [1.29, 1.82) is 0 Å². The molecule has 0 saturated heterocycles. The number of hydrogen-bond acceptors (Lipinski definition) is 6. The molecule has 3 rings (SSSR count). The van der Waals surface area contributed by atoms with Crippen molar-refractivity contribution in [3.63, 3.8) is 0 Å². The lowest BCUT2D eigenvalue weighted by atomic mass is 10.1. The molecule has 2 aromatic rings. The number of halogens is 3. The van der Waals surface area contributed by atoms with Gasteiger partial charge in [-0.2, -0.15) is 4.98 Å². The molecule has 0 aliphatic heterocycles. The van der Waals surface area contributed by atoms with Gasteiger partial charge in [0.25, 0.3) is 0 Å². The second kappa shape index (κ2) is 7.61. The highest BCUT2D eigenvalue weighted by Crippen LogP contribution is 2.41. The average molecular weight is 401 g/mol. The Morgan fingerprint density at radius 3 is 2.58 bits per heavy atom. The minimum Gasteiger partial charge on any atom is -0.368 e. The standard InChI is InChI=1S/C15H12Cl3N5S/c16-10-5-8(21-13-7-12(18)22-15(19)23-13)6-11(17)14(10)24-9-1-3-20-4-2-9/h1-5,7-8H,6H2,(H3,19,21,22,23). The van der Waals surface area contributed by atoms with Crippen molar-refractivity contribution in [3.8, 4) is 0 Å². The van der Waals surface area contributed by atoms with Crippen LogP contribution in [0.15, 0.2) is 56.5 Å². The van der Waals surface area contributed by atoms with Crippen LogP contribution in [0.3, 0.4) is 0 Å². The quantitative estimate of drug-likeness (QED) is 0.727. The number of aromatic nitrogens is 3. The highest BCUT2D eigenvalue weighted by molar-refractivity contribution is 8.03. The molecule has 0 saturated carbocycles. The van der Waals surface area contributed by atoms with Crippen molar-refractivity contribution >= 4 is 58.3 Å². The Hall–Kier alpha value is -1.47. The Labute approximate surface area is 158 Å². The fraction of sp³-hybridized carbons (Fsp3) is 0.133. The van der Waals surface area contributed by atoms with Crippen molar-refractivity contribution in [1.82, 2.24) is 15.0 Å². The van der Waals surface area contributed by atoms with Gasteiger partial charge in [0, 0.05) is 39.7 Å². The Bertz CT molecular complexity index is 790. The molecule has 1 aliphatic carbocycles. The molecular weight excluding hydrogens is 389 g/mol. The van der Waals surface area contributed by atoms with Crippen LogP contribution in [0, 0.1) is 0 Å². The lowest BCUT2D eigenvalue weighted by molar-refractivity contribution is 0.857. The van der Waals surface area contributed by atoms with E-state index in [-0.39, 0.29) is 17.1 Å². The van der Waals surface area contributed by atoms with Crippen molar-refractivity contribution in [2.24, 2.45) is 0 Å². The summed E-state index contributed by atoms with van der Waals surface area (Å²) < 4.78 is 0. The Balaban J connectivity index is 1.75. The molecular formula is C15H12Cl3N5S. The van der Waals surface area contributed by atoms with Crippen LogP contribution < -0.4 is 11.1 Å². The zero-order valence-corrected chi connectivity index (χ0v) is 15.3. The Morgan fingerprint density at radius 2 is 1.92 bits per heavy atom. The van der Waals surface area contributed by atoms with E-state index in [0.29, 0.717) is 22.3 Å². The second-order valence-electron chi connectivity index (χ2n) is 4.92. The summed E-state index contributed by atoms with van der Waals surface area (Å²) in [5.41, 5.74) is 5.60. The van der Waals surface area contributed by atoms with Gasteiger partial charge >= 0.3 is 0 Å². The molecule has 1 atom stereocenters. The summed E-state index contributed by atoms with van der Waals surface area (Å²) in [5, 5.41) is 4.72. The van der Waals surface area contributed by atoms with Gasteiger partial charge in [-0.1, -0.05) is 46.6 Å². The number of pyridine rings is 1. The molecule has 24 heavy (non-hydrogen) atoms. The smallest absolute Gasteiger partial charge is 0.223 e. The molecule has 9 heteroatoms. The average Bonchev–Trinajstić information content (AvgIpc) is 2.51. The molecule has 0 radical (unpaired) electrons. The maximum Gasteiger partial charge on any atom is 0.223 e. The second-order valence-corrected chi connectivity index (χ2v) is 7.26. The summed E-state index contributed by atoms with van der Waals surface area (Å²) in [6.45, 7) is 0. The van der Waals surface area contributed by atoms with Crippen molar-refractivity contribution < 1.29 is 0 Å². The van der Waals surface area contributed by atoms with Crippen LogP contribution in [-0.2, 0) is 0 Å². The number of hydrogen-bond donors (Lipinski definition) is 2. The molecule has 124 valence electrons. The maximum absolute atomic E-state index is 6.45. The number of allylic oxidation sites excluding steroid dienone is 1. The summed E-state index contributed by atoms with van der Waals surface area (Å²) in [6, 6.07) is 5.29. The van der Waals surface area contributed by atoms with E-state index >= 15 is 0 Å². The third-order valence-electron chi connectivity index (χ3n) is 3.13. The van der Waals surface area contributed by atoms with Crippen LogP contribution in [0.25, 0.3) is 0 Å². The minimum atomic E-state index is -0.114. The molecule has 1 unspecified atom stereocenters. The van der Waals surface area contributed by atoms with Gasteiger partial charge in [0.15, 0.2) is 0 Å². The third kappa shape index (κ3) is 4.33. The number of thioether (sulfide) groups is 1. The first-order valence-corrected chi connectivity index (χ1v) is 8.87. The lowest BCUT2D eigenvalue weighted by Gasteiger charge is -2.22. The zero-order chi connectivity index (χ0) is 17.1. The molecule has 0 fully saturated rings. The summed E-state index contributed by atoms with van der Waals surface area (Å²) in [7, 11) is 0. The summed E-state index contributed by atoms with van der Waals surface area (Å²) in [5.74, 6) is 0.624. The van der Waals surface area contributed by atoms with E-state index in [1.54, 1.807) is 18.5 Å². The molecule has 3 N–H and O–H groups in total. The molecule has 0 aromatic carbocycles. The summed E-state index contributed by atoms with van der Waals surface area (Å²) in [6.07, 6.45) is 5.92. The number of nitrogen functional groups attached to an aromatic ring is 1. The Kier molecular flexibility index (Phi) is 5.50. The number of rotatable bonds is 4. The third-order valence-corrected chi connectivity index (χ3v) is 5.38. The molecule has 0 bridgehead atoms. The van der Waals surface area contributed by atoms with Gasteiger partial charge in [0.2, 0.25) is 5.95 Å². The van der Waals surface area contributed by atoms with Gasteiger partial charge < -0.3 is 11.1 Å². The summed E-state index contributed by atoms with van der Waals surface area (Å²) in [4.78, 5) is 13.8. The normalized spacial score (nSPS) is 17.6. The van der Waals surface area contributed by atoms with E-state index in [2.05, 4.69) is 20.3 Å². The van der Waals surface area contributed by atoms with Crippen molar-refractivity contribution in [2.75, 3.05) is 11.1 Å². The minimum absolute atomic E-state index is 0.103.